The van der Waals surface area contributed by atoms with Gasteiger partial charge in [-0.05, 0) is 12.1 Å². The minimum absolute atomic E-state index is 0.122. The van der Waals surface area contributed by atoms with Gasteiger partial charge in [0, 0.05) is 24.1 Å². The van der Waals surface area contributed by atoms with E-state index in [1.54, 1.807) is 19.1 Å². The molecule has 0 aliphatic rings. The Morgan fingerprint density at radius 2 is 2.24 bits per heavy atom. The molecular weight excluding hydrogens is 222 g/mol. The SMILES string of the molecule is CC/C(=C\c1cc(OC)[c]cc1OC)[N+](=O)[O-]. The second kappa shape index (κ2) is 5.89. The minimum atomic E-state index is -0.400. The first-order valence-corrected chi connectivity index (χ1v) is 5.11. The van der Waals surface area contributed by atoms with Crippen LogP contribution in [0.1, 0.15) is 18.9 Å². The number of nitrogens with zero attached hydrogens (tertiary/aromatic N) is 1. The number of allylic oxidation sites excluding steroid dienone is 1. The average molecular weight is 236 g/mol. The maximum Gasteiger partial charge on any atom is 0.246 e. The third kappa shape index (κ3) is 3.21. The van der Waals surface area contributed by atoms with Crippen molar-refractivity contribution in [3.63, 3.8) is 0 Å². The van der Waals surface area contributed by atoms with E-state index in [1.807, 2.05) is 0 Å². The van der Waals surface area contributed by atoms with Crippen LogP contribution in [-0.2, 0) is 0 Å². The van der Waals surface area contributed by atoms with Gasteiger partial charge in [0.1, 0.15) is 11.5 Å². The van der Waals surface area contributed by atoms with E-state index in [4.69, 9.17) is 9.47 Å². The Labute approximate surface area is 99.8 Å². The Morgan fingerprint density at radius 1 is 1.53 bits per heavy atom. The molecule has 0 unspecified atom stereocenters. The fourth-order valence-corrected chi connectivity index (χ4v) is 1.34. The van der Waals surface area contributed by atoms with Gasteiger partial charge in [-0.2, -0.15) is 0 Å². The average Bonchev–Trinajstić information content (AvgIpc) is 2.35. The van der Waals surface area contributed by atoms with E-state index in [9.17, 15) is 10.1 Å². The molecule has 0 spiro atoms. The van der Waals surface area contributed by atoms with E-state index in [0.717, 1.165) is 0 Å². The number of rotatable bonds is 5. The number of methoxy groups -OCH3 is 2. The van der Waals surface area contributed by atoms with Crippen LogP contribution in [0.15, 0.2) is 17.8 Å². The molecule has 1 radical (unpaired) electrons. The Morgan fingerprint density at radius 3 is 2.71 bits per heavy atom. The maximum atomic E-state index is 10.7. The summed E-state index contributed by atoms with van der Waals surface area (Å²) in [7, 11) is 3.02. The Balaban J connectivity index is 3.22. The van der Waals surface area contributed by atoms with Crippen LogP contribution in [-0.4, -0.2) is 19.1 Å². The zero-order chi connectivity index (χ0) is 12.8. The topological polar surface area (TPSA) is 61.6 Å². The van der Waals surface area contributed by atoms with Gasteiger partial charge in [0.15, 0.2) is 0 Å². The smallest absolute Gasteiger partial charge is 0.246 e. The van der Waals surface area contributed by atoms with Crippen molar-refractivity contribution in [2.24, 2.45) is 0 Å². The van der Waals surface area contributed by atoms with Gasteiger partial charge in [0.2, 0.25) is 5.70 Å². The molecule has 0 bridgehead atoms. The first kappa shape index (κ1) is 13.0. The second-order valence-corrected chi connectivity index (χ2v) is 3.27. The van der Waals surface area contributed by atoms with Crippen molar-refractivity contribution in [2.75, 3.05) is 14.2 Å². The molecule has 0 atom stereocenters. The molecular formula is C12H14NO4. The molecule has 0 saturated heterocycles. The third-order valence-corrected chi connectivity index (χ3v) is 2.28. The lowest BCUT2D eigenvalue weighted by Gasteiger charge is -2.06. The molecule has 1 rings (SSSR count). The predicted molar refractivity (Wildman–Crippen MR) is 63.6 cm³/mol. The standard InChI is InChI=1S/C12H14NO4/c1-4-10(13(14)15)7-9-8-11(16-2)5-6-12(9)17-3/h6-8H,4H2,1-3H3/b10-7+. The van der Waals surface area contributed by atoms with E-state index >= 15 is 0 Å². The Kier molecular flexibility index (Phi) is 4.51. The van der Waals surface area contributed by atoms with Crippen molar-refractivity contribution >= 4 is 6.08 Å². The Hall–Kier alpha value is -2.04. The first-order chi connectivity index (χ1) is 8.12. The second-order valence-electron chi connectivity index (χ2n) is 3.27. The molecule has 0 amide bonds. The van der Waals surface area contributed by atoms with E-state index in [2.05, 4.69) is 6.07 Å². The monoisotopic (exact) mass is 236 g/mol. The fourth-order valence-electron chi connectivity index (χ4n) is 1.34. The van der Waals surface area contributed by atoms with Crippen molar-refractivity contribution in [1.82, 2.24) is 0 Å². The molecule has 5 heteroatoms. The lowest BCUT2D eigenvalue weighted by molar-refractivity contribution is -0.425. The molecule has 0 N–H and O–H groups in total. The predicted octanol–water partition coefficient (Wildman–Crippen LogP) is 2.53. The zero-order valence-electron chi connectivity index (χ0n) is 10.0. The van der Waals surface area contributed by atoms with Crippen LogP contribution >= 0.6 is 0 Å². The van der Waals surface area contributed by atoms with Gasteiger partial charge in [-0.1, -0.05) is 6.92 Å². The number of nitro groups is 1. The minimum Gasteiger partial charge on any atom is -0.496 e. The zero-order valence-corrected chi connectivity index (χ0v) is 10.0. The molecule has 0 fully saturated rings. The molecule has 0 saturated carbocycles. The van der Waals surface area contributed by atoms with Gasteiger partial charge in [-0.3, -0.25) is 10.1 Å². The molecule has 1 aromatic carbocycles. The molecule has 0 heterocycles. The summed E-state index contributed by atoms with van der Waals surface area (Å²) in [4.78, 5) is 10.3. The van der Waals surface area contributed by atoms with Crippen LogP contribution in [0.5, 0.6) is 11.5 Å². The highest BCUT2D eigenvalue weighted by Gasteiger charge is 2.10. The molecule has 0 aliphatic carbocycles. The van der Waals surface area contributed by atoms with Crippen molar-refractivity contribution in [3.8, 4) is 11.5 Å². The summed E-state index contributed by atoms with van der Waals surface area (Å²) in [5, 5.41) is 10.7. The van der Waals surface area contributed by atoms with Gasteiger partial charge < -0.3 is 9.47 Å². The van der Waals surface area contributed by atoms with Crippen molar-refractivity contribution < 1.29 is 14.4 Å². The highest BCUT2D eigenvalue weighted by atomic mass is 16.6. The van der Waals surface area contributed by atoms with Crippen LogP contribution in [0, 0.1) is 16.2 Å². The molecule has 17 heavy (non-hydrogen) atoms. The van der Waals surface area contributed by atoms with Crippen LogP contribution in [0.2, 0.25) is 0 Å². The summed E-state index contributed by atoms with van der Waals surface area (Å²) in [5.74, 6) is 1.04. The maximum absolute atomic E-state index is 10.7. The molecule has 0 aromatic heterocycles. The number of ether oxygens (including phenoxy) is 2. The number of benzene rings is 1. The number of hydrogen-bond donors (Lipinski definition) is 0. The highest BCUT2D eigenvalue weighted by molar-refractivity contribution is 5.60. The quantitative estimate of drug-likeness (QED) is 0.582. The van der Waals surface area contributed by atoms with Gasteiger partial charge in [0.25, 0.3) is 0 Å². The van der Waals surface area contributed by atoms with Crippen LogP contribution in [0.25, 0.3) is 6.08 Å². The largest absolute Gasteiger partial charge is 0.496 e. The normalized spacial score (nSPS) is 11.1. The fraction of sp³-hybridized carbons (Fsp3) is 0.333. The summed E-state index contributed by atoms with van der Waals surface area (Å²) in [6, 6.07) is 6.10. The van der Waals surface area contributed by atoms with Crippen molar-refractivity contribution in [2.45, 2.75) is 13.3 Å². The van der Waals surface area contributed by atoms with Crippen LogP contribution in [0.4, 0.5) is 0 Å². The van der Waals surface area contributed by atoms with Gasteiger partial charge in [-0.15, -0.1) is 0 Å². The summed E-state index contributed by atoms with van der Waals surface area (Å²) in [6.45, 7) is 1.73. The van der Waals surface area contributed by atoms with E-state index in [0.29, 0.717) is 23.5 Å². The van der Waals surface area contributed by atoms with E-state index < -0.39 is 4.92 Å². The Bertz CT molecular complexity index is 440. The molecule has 5 nitrogen and oxygen atoms in total. The van der Waals surface area contributed by atoms with Crippen LogP contribution in [0.3, 0.4) is 0 Å². The number of hydrogen-bond acceptors (Lipinski definition) is 4. The molecule has 91 valence electrons. The van der Waals surface area contributed by atoms with Crippen molar-refractivity contribution in [1.29, 1.82) is 0 Å². The first-order valence-electron chi connectivity index (χ1n) is 5.11. The summed E-state index contributed by atoms with van der Waals surface area (Å²) in [6.07, 6.45) is 1.83. The summed E-state index contributed by atoms with van der Waals surface area (Å²) >= 11 is 0. The van der Waals surface area contributed by atoms with Gasteiger partial charge in [-0.25, -0.2) is 0 Å². The van der Waals surface area contributed by atoms with Gasteiger partial charge in [0.05, 0.1) is 19.1 Å². The summed E-state index contributed by atoms with van der Waals surface area (Å²) < 4.78 is 10.1. The van der Waals surface area contributed by atoms with Crippen LogP contribution < -0.4 is 9.47 Å². The third-order valence-electron chi connectivity index (χ3n) is 2.28. The molecule has 1 aromatic rings. The van der Waals surface area contributed by atoms with Gasteiger partial charge >= 0.3 is 0 Å². The van der Waals surface area contributed by atoms with E-state index in [-0.39, 0.29) is 5.70 Å². The van der Waals surface area contributed by atoms with Crippen molar-refractivity contribution in [3.05, 3.63) is 39.6 Å². The lowest BCUT2D eigenvalue weighted by Crippen LogP contribution is -1.98. The lowest BCUT2D eigenvalue weighted by atomic mass is 10.1. The van der Waals surface area contributed by atoms with E-state index in [1.165, 1.54) is 20.3 Å². The molecule has 0 aliphatic heterocycles. The highest BCUT2D eigenvalue weighted by Crippen LogP contribution is 2.26. The summed E-state index contributed by atoms with van der Waals surface area (Å²) in [5.41, 5.74) is 0.730.